The normalized spacial score (nSPS) is 10.4. The Morgan fingerprint density at radius 1 is 1.33 bits per heavy atom. The summed E-state index contributed by atoms with van der Waals surface area (Å²) in [5.41, 5.74) is 8.26. The summed E-state index contributed by atoms with van der Waals surface area (Å²) in [5, 5.41) is 0.643. The van der Waals surface area contributed by atoms with Crippen LogP contribution in [0, 0.1) is 6.92 Å². The van der Waals surface area contributed by atoms with E-state index in [9.17, 15) is 0 Å². The largest absolute Gasteiger partial charge is 0.375 e. The van der Waals surface area contributed by atoms with Crippen LogP contribution in [0.3, 0.4) is 0 Å². The molecule has 0 fully saturated rings. The topological polar surface area (TPSA) is 42.2 Å². The minimum absolute atomic E-state index is 0. The van der Waals surface area contributed by atoms with Gasteiger partial charge in [0.2, 0.25) is 0 Å². The first-order valence-corrected chi connectivity index (χ1v) is 6.39. The summed E-state index contributed by atoms with van der Waals surface area (Å²) in [4.78, 5) is 7.53. The van der Waals surface area contributed by atoms with Gasteiger partial charge in [-0.25, -0.2) is 4.98 Å². The molecule has 0 radical (unpaired) electrons. The number of thiazole rings is 1. The molecular weight excluding hydrogens is 266 g/mol. The molecule has 0 aliphatic heterocycles. The predicted molar refractivity (Wildman–Crippen MR) is 80.1 cm³/mol. The number of nitrogen functional groups attached to an aromatic ring is 1. The molecule has 0 unspecified atom stereocenters. The number of nitrogens with zero attached hydrogens (tertiary/aromatic N) is 2. The van der Waals surface area contributed by atoms with Crippen LogP contribution in [0.4, 0.5) is 5.13 Å². The number of hydrogen-bond acceptors (Lipinski definition) is 4. The maximum absolute atomic E-state index is 5.62. The smallest absolute Gasteiger partial charge is 0.180 e. The highest BCUT2D eigenvalue weighted by Crippen LogP contribution is 2.17. The highest BCUT2D eigenvalue weighted by atomic mass is 35.5. The number of aryl methyl sites for hydroxylation is 1. The average Bonchev–Trinajstić information content (AvgIpc) is 2.63. The molecule has 5 heteroatoms. The molecule has 0 saturated heterocycles. The van der Waals surface area contributed by atoms with E-state index in [0.717, 1.165) is 13.1 Å². The Morgan fingerprint density at radius 3 is 2.72 bits per heavy atom. The molecular formula is C13H18ClN3S. The van der Waals surface area contributed by atoms with Gasteiger partial charge in [0, 0.05) is 24.2 Å². The number of rotatable bonds is 4. The quantitative estimate of drug-likeness (QED) is 0.938. The van der Waals surface area contributed by atoms with E-state index in [2.05, 4.69) is 48.1 Å². The molecule has 18 heavy (non-hydrogen) atoms. The lowest BCUT2D eigenvalue weighted by Gasteiger charge is -2.15. The fourth-order valence-electron chi connectivity index (χ4n) is 1.84. The van der Waals surface area contributed by atoms with Crippen LogP contribution in [-0.2, 0) is 13.1 Å². The van der Waals surface area contributed by atoms with Crippen molar-refractivity contribution in [2.75, 3.05) is 12.8 Å². The molecule has 0 spiro atoms. The maximum Gasteiger partial charge on any atom is 0.180 e. The predicted octanol–water partition coefficient (Wildman–Crippen LogP) is 3.09. The summed E-state index contributed by atoms with van der Waals surface area (Å²) in [6.07, 6.45) is 1.85. The third-order valence-electron chi connectivity index (χ3n) is 2.53. The summed E-state index contributed by atoms with van der Waals surface area (Å²) >= 11 is 1.55. The van der Waals surface area contributed by atoms with Gasteiger partial charge in [0.05, 0.1) is 0 Å². The van der Waals surface area contributed by atoms with Crippen LogP contribution < -0.4 is 5.73 Å². The van der Waals surface area contributed by atoms with E-state index in [0.29, 0.717) is 5.13 Å². The van der Waals surface area contributed by atoms with Gasteiger partial charge >= 0.3 is 0 Å². The summed E-state index contributed by atoms with van der Waals surface area (Å²) in [6.45, 7) is 3.95. The van der Waals surface area contributed by atoms with Gasteiger partial charge in [-0.1, -0.05) is 29.8 Å². The molecule has 2 N–H and O–H groups in total. The first-order chi connectivity index (χ1) is 8.13. The molecule has 0 atom stereocenters. The SMILES string of the molecule is Cc1cccc(CN(C)Cc2cnc(N)s2)c1.Cl. The second kappa shape index (κ2) is 6.73. The van der Waals surface area contributed by atoms with E-state index in [1.54, 1.807) is 11.3 Å². The van der Waals surface area contributed by atoms with E-state index in [1.165, 1.54) is 16.0 Å². The Hall–Kier alpha value is -1.10. The fraction of sp³-hybridized carbons (Fsp3) is 0.308. The van der Waals surface area contributed by atoms with E-state index in [1.807, 2.05) is 6.20 Å². The zero-order valence-corrected chi connectivity index (χ0v) is 12.2. The number of benzene rings is 1. The van der Waals surface area contributed by atoms with Crippen LogP contribution >= 0.6 is 23.7 Å². The molecule has 0 aliphatic rings. The lowest BCUT2D eigenvalue weighted by atomic mass is 10.1. The van der Waals surface area contributed by atoms with Gasteiger partial charge in [0.15, 0.2) is 5.13 Å². The highest BCUT2D eigenvalue weighted by molar-refractivity contribution is 7.15. The van der Waals surface area contributed by atoms with Gasteiger partial charge in [-0.15, -0.1) is 23.7 Å². The third-order valence-corrected chi connectivity index (χ3v) is 3.34. The van der Waals surface area contributed by atoms with Crippen molar-refractivity contribution in [2.45, 2.75) is 20.0 Å². The van der Waals surface area contributed by atoms with Crippen LogP contribution in [-0.4, -0.2) is 16.9 Å². The van der Waals surface area contributed by atoms with Gasteiger partial charge in [0.1, 0.15) is 0 Å². The number of anilines is 1. The van der Waals surface area contributed by atoms with E-state index in [4.69, 9.17) is 5.73 Å². The van der Waals surface area contributed by atoms with Crippen molar-refractivity contribution < 1.29 is 0 Å². The van der Waals surface area contributed by atoms with Crippen molar-refractivity contribution in [1.29, 1.82) is 0 Å². The molecule has 0 amide bonds. The number of halogens is 1. The van der Waals surface area contributed by atoms with Crippen LogP contribution in [0.15, 0.2) is 30.5 Å². The standard InChI is InChI=1S/C13H17N3S.ClH/c1-10-4-3-5-11(6-10)8-16(2)9-12-7-15-13(14)17-12;/h3-7H,8-9H2,1-2H3,(H2,14,15);1H. The van der Waals surface area contributed by atoms with Crippen molar-refractivity contribution in [3.8, 4) is 0 Å². The van der Waals surface area contributed by atoms with E-state index >= 15 is 0 Å². The molecule has 1 heterocycles. The molecule has 1 aromatic heterocycles. The van der Waals surface area contributed by atoms with Gasteiger partial charge in [-0.3, -0.25) is 4.90 Å². The molecule has 0 bridgehead atoms. The Kier molecular flexibility index (Phi) is 5.59. The van der Waals surface area contributed by atoms with Crippen molar-refractivity contribution in [1.82, 2.24) is 9.88 Å². The molecule has 2 aromatic rings. The second-order valence-electron chi connectivity index (χ2n) is 4.33. The Balaban J connectivity index is 0.00000162. The van der Waals surface area contributed by atoms with Crippen LogP contribution in [0.5, 0.6) is 0 Å². The van der Waals surface area contributed by atoms with Gasteiger partial charge in [-0.2, -0.15) is 0 Å². The monoisotopic (exact) mass is 283 g/mol. The van der Waals surface area contributed by atoms with E-state index < -0.39 is 0 Å². The third kappa shape index (κ3) is 4.29. The minimum atomic E-state index is 0. The molecule has 0 saturated carbocycles. The Morgan fingerprint density at radius 2 is 2.11 bits per heavy atom. The second-order valence-corrected chi connectivity index (χ2v) is 5.47. The van der Waals surface area contributed by atoms with Gasteiger partial charge in [-0.05, 0) is 19.5 Å². The minimum Gasteiger partial charge on any atom is -0.375 e. The number of nitrogens with two attached hydrogens (primary N) is 1. The Labute approximate surface area is 118 Å². The molecule has 2 rings (SSSR count). The van der Waals surface area contributed by atoms with Gasteiger partial charge < -0.3 is 5.73 Å². The molecule has 98 valence electrons. The lowest BCUT2D eigenvalue weighted by Crippen LogP contribution is -2.16. The van der Waals surface area contributed by atoms with E-state index in [-0.39, 0.29) is 12.4 Å². The summed E-state index contributed by atoms with van der Waals surface area (Å²) in [5.74, 6) is 0. The Bertz CT molecular complexity index is 498. The van der Waals surface area contributed by atoms with Crippen molar-refractivity contribution in [3.63, 3.8) is 0 Å². The van der Waals surface area contributed by atoms with Crippen molar-refractivity contribution in [2.24, 2.45) is 0 Å². The first kappa shape index (κ1) is 15.0. The highest BCUT2D eigenvalue weighted by Gasteiger charge is 2.04. The fourth-order valence-corrected chi connectivity index (χ4v) is 2.60. The number of hydrogen-bond donors (Lipinski definition) is 1. The molecule has 3 nitrogen and oxygen atoms in total. The average molecular weight is 284 g/mol. The first-order valence-electron chi connectivity index (χ1n) is 5.58. The van der Waals surface area contributed by atoms with Gasteiger partial charge in [0.25, 0.3) is 0 Å². The summed E-state index contributed by atoms with van der Waals surface area (Å²) in [6, 6.07) is 8.60. The number of aromatic nitrogens is 1. The van der Waals surface area contributed by atoms with Crippen molar-refractivity contribution >= 4 is 28.9 Å². The summed E-state index contributed by atoms with van der Waals surface area (Å²) in [7, 11) is 2.11. The zero-order chi connectivity index (χ0) is 12.3. The van der Waals surface area contributed by atoms with Crippen LogP contribution in [0.1, 0.15) is 16.0 Å². The van der Waals surface area contributed by atoms with Crippen LogP contribution in [0.25, 0.3) is 0 Å². The summed E-state index contributed by atoms with van der Waals surface area (Å²) < 4.78 is 0. The van der Waals surface area contributed by atoms with Crippen LogP contribution in [0.2, 0.25) is 0 Å². The van der Waals surface area contributed by atoms with Crippen molar-refractivity contribution in [3.05, 3.63) is 46.5 Å². The molecule has 0 aliphatic carbocycles. The zero-order valence-electron chi connectivity index (χ0n) is 10.6. The lowest BCUT2D eigenvalue weighted by molar-refractivity contribution is 0.321. The molecule has 1 aromatic carbocycles. The maximum atomic E-state index is 5.62.